The van der Waals surface area contributed by atoms with Crippen molar-refractivity contribution in [2.24, 2.45) is 0 Å². The Bertz CT molecular complexity index is 512. The molecule has 0 aliphatic carbocycles. The van der Waals surface area contributed by atoms with Crippen LogP contribution in [0.4, 0.5) is 0 Å². The third kappa shape index (κ3) is 8.00. The first-order valence-corrected chi connectivity index (χ1v) is 9.43. The Morgan fingerprint density at radius 3 is 2.77 bits per heavy atom. The molecule has 0 bridgehead atoms. The number of carbonyl (C=O) groups excluding carboxylic acids is 1. The highest BCUT2D eigenvalue weighted by Gasteiger charge is 2.05. The number of nitrogens with one attached hydrogen (secondary N) is 3. The van der Waals surface area contributed by atoms with Gasteiger partial charge in [0.05, 0.1) is 5.75 Å². The molecule has 122 valence electrons. The summed E-state index contributed by atoms with van der Waals surface area (Å²) in [5.41, 5.74) is 6.47. The summed E-state index contributed by atoms with van der Waals surface area (Å²) in [7, 11) is 0. The van der Waals surface area contributed by atoms with Crippen molar-refractivity contribution >= 4 is 50.9 Å². The molecule has 22 heavy (non-hydrogen) atoms. The number of rotatable bonds is 7. The molecule has 0 aliphatic heterocycles. The summed E-state index contributed by atoms with van der Waals surface area (Å²) >= 11 is 10.0. The van der Waals surface area contributed by atoms with Gasteiger partial charge in [-0.3, -0.25) is 15.6 Å². The van der Waals surface area contributed by atoms with Gasteiger partial charge in [0, 0.05) is 15.9 Å². The number of benzene rings is 1. The van der Waals surface area contributed by atoms with E-state index in [1.54, 1.807) is 0 Å². The van der Waals surface area contributed by atoms with Crippen molar-refractivity contribution < 1.29 is 4.79 Å². The van der Waals surface area contributed by atoms with Crippen LogP contribution in [0, 0.1) is 6.92 Å². The van der Waals surface area contributed by atoms with Gasteiger partial charge in [-0.2, -0.15) is 0 Å². The molecule has 0 saturated carbocycles. The highest BCUT2D eigenvalue weighted by atomic mass is 79.9. The predicted octanol–water partition coefficient (Wildman–Crippen LogP) is 3.54. The van der Waals surface area contributed by atoms with Crippen LogP contribution in [0.1, 0.15) is 31.7 Å². The summed E-state index contributed by atoms with van der Waals surface area (Å²) in [6, 6.07) is 6.01. The summed E-state index contributed by atoms with van der Waals surface area (Å²) in [4.78, 5) is 12.9. The van der Waals surface area contributed by atoms with E-state index >= 15 is 0 Å². The third-order valence-corrected chi connectivity index (χ3v) is 4.79. The van der Waals surface area contributed by atoms with E-state index in [4.69, 9.17) is 12.2 Å². The Kier molecular flexibility index (Phi) is 9.50. The second-order valence-corrected chi connectivity index (χ2v) is 7.18. The molecule has 0 aromatic heterocycles. The Labute approximate surface area is 150 Å². The van der Waals surface area contributed by atoms with E-state index in [0.29, 0.717) is 10.9 Å². The van der Waals surface area contributed by atoms with Crippen LogP contribution < -0.4 is 16.2 Å². The van der Waals surface area contributed by atoms with Gasteiger partial charge in [-0.05, 0) is 49.3 Å². The Hall–Kier alpha value is -0.790. The van der Waals surface area contributed by atoms with Gasteiger partial charge < -0.3 is 5.32 Å². The van der Waals surface area contributed by atoms with Gasteiger partial charge in [-0.25, -0.2) is 0 Å². The van der Waals surface area contributed by atoms with Gasteiger partial charge in [0.2, 0.25) is 5.91 Å². The molecule has 4 nitrogen and oxygen atoms in total. The van der Waals surface area contributed by atoms with Crippen LogP contribution >= 0.6 is 39.9 Å². The number of hydrazine groups is 1. The topological polar surface area (TPSA) is 53.2 Å². The maximum absolute atomic E-state index is 11.8. The van der Waals surface area contributed by atoms with Gasteiger partial charge >= 0.3 is 0 Å². The van der Waals surface area contributed by atoms with Crippen molar-refractivity contribution in [1.29, 1.82) is 0 Å². The largest absolute Gasteiger partial charge is 0.361 e. The average Bonchev–Trinajstić information content (AvgIpc) is 2.48. The van der Waals surface area contributed by atoms with Crippen molar-refractivity contribution in [3.05, 3.63) is 28.2 Å². The number of halogens is 1. The first-order valence-electron chi connectivity index (χ1n) is 7.24. The molecule has 3 N–H and O–H groups in total. The zero-order chi connectivity index (χ0) is 16.4. The van der Waals surface area contributed by atoms with Gasteiger partial charge in [0.1, 0.15) is 0 Å². The Morgan fingerprint density at radius 2 is 2.09 bits per heavy atom. The number of thiocarbonyl (C=S) groups is 1. The molecular weight excluding hydrogens is 382 g/mol. The zero-order valence-electron chi connectivity index (χ0n) is 12.9. The molecule has 1 amide bonds. The molecule has 0 atom stereocenters. The molecule has 1 aromatic rings. The fourth-order valence-electron chi connectivity index (χ4n) is 1.70. The van der Waals surface area contributed by atoms with Crippen LogP contribution in [0.15, 0.2) is 27.6 Å². The van der Waals surface area contributed by atoms with Crippen molar-refractivity contribution in [2.75, 3.05) is 12.3 Å². The van der Waals surface area contributed by atoms with Gasteiger partial charge in [0.25, 0.3) is 0 Å². The lowest BCUT2D eigenvalue weighted by Crippen LogP contribution is -2.47. The minimum Gasteiger partial charge on any atom is -0.361 e. The number of hydrogen-bond donors (Lipinski definition) is 3. The molecule has 0 heterocycles. The molecule has 0 spiro atoms. The van der Waals surface area contributed by atoms with Crippen molar-refractivity contribution in [2.45, 2.75) is 38.0 Å². The fraction of sp³-hybridized carbons (Fsp3) is 0.467. The predicted molar refractivity (Wildman–Crippen MR) is 101 cm³/mol. The maximum atomic E-state index is 11.8. The van der Waals surface area contributed by atoms with Crippen LogP contribution in [-0.2, 0) is 4.79 Å². The van der Waals surface area contributed by atoms with Crippen molar-refractivity contribution in [3.63, 3.8) is 0 Å². The van der Waals surface area contributed by atoms with E-state index in [1.807, 2.05) is 25.1 Å². The zero-order valence-corrected chi connectivity index (χ0v) is 16.1. The lowest BCUT2D eigenvalue weighted by Gasteiger charge is -2.11. The van der Waals surface area contributed by atoms with Gasteiger partial charge in [-0.1, -0.05) is 35.7 Å². The lowest BCUT2D eigenvalue weighted by molar-refractivity contribution is -0.119. The van der Waals surface area contributed by atoms with Crippen molar-refractivity contribution in [1.82, 2.24) is 16.2 Å². The monoisotopic (exact) mass is 403 g/mol. The first-order chi connectivity index (χ1) is 10.5. The van der Waals surface area contributed by atoms with E-state index in [-0.39, 0.29) is 5.91 Å². The summed E-state index contributed by atoms with van der Waals surface area (Å²) in [5.74, 6) is 0.235. The van der Waals surface area contributed by atoms with E-state index in [1.165, 1.54) is 24.6 Å². The summed E-state index contributed by atoms with van der Waals surface area (Å²) < 4.78 is 1.04. The maximum Gasteiger partial charge on any atom is 0.248 e. The minimum absolute atomic E-state index is 0.106. The smallest absolute Gasteiger partial charge is 0.248 e. The normalized spacial score (nSPS) is 10.1. The highest BCUT2D eigenvalue weighted by molar-refractivity contribution is 9.10. The van der Waals surface area contributed by atoms with E-state index in [0.717, 1.165) is 27.9 Å². The van der Waals surface area contributed by atoms with E-state index in [2.05, 4.69) is 39.0 Å². The number of thioether (sulfide) groups is 1. The summed E-state index contributed by atoms with van der Waals surface area (Å²) in [6.45, 7) is 5.00. The minimum atomic E-state index is -0.106. The van der Waals surface area contributed by atoms with E-state index in [9.17, 15) is 4.79 Å². The number of hydrogen-bond acceptors (Lipinski definition) is 3. The van der Waals surface area contributed by atoms with Gasteiger partial charge in [-0.15, -0.1) is 11.8 Å². The number of carbonyl (C=O) groups is 1. The lowest BCUT2D eigenvalue weighted by atomic mass is 10.2. The molecule has 0 saturated heterocycles. The highest BCUT2D eigenvalue weighted by Crippen LogP contribution is 2.24. The second-order valence-electron chi connectivity index (χ2n) is 4.83. The standard InChI is InChI=1S/C15H22BrN3OS2/c1-3-4-5-8-17-15(21)19-18-14(20)10-22-13-7-6-12(16)9-11(13)2/h6-7,9H,3-5,8,10H2,1-2H3,(H,18,20)(H2,17,19,21). The second kappa shape index (κ2) is 10.9. The van der Waals surface area contributed by atoms with E-state index < -0.39 is 0 Å². The average molecular weight is 404 g/mol. The molecule has 1 rings (SSSR count). The molecule has 7 heteroatoms. The van der Waals surface area contributed by atoms with Crippen LogP contribution in [-0.4, -0.2) is 23.3 Å². The van der Waals surface area contributed by atoms with Crippen LogP contribution in [0.2, 0.25) is 0 Å². The molecule has 0 unspecified atom stereocenters. The van der Waals surface area contributed by atoms with Crippen molar-refractivity contribution in [3.8, 4) is 0 Å². The summed E-state index contributed by atoms with van der Waals surface area (Å²) in [6.07, 6.45) is 3.42. The third-order valence-electron chi connectivity index (χ3n) is 2.88. The number of unbranched alkanes of at least 4 members (excludes halogenated alkanes) is 2. The molecule has 1 aromatic carbocycles. The van der Waals surface area contributed by atoms with Crippen LogP contribution in [0.25, 0.3) is 0 Å². The Morgan fingerprint density at radius 1 is 1.32 bits per heavy atom. The van der Waals surface area contributed by atoms with Crippen LogP contribution in [0.5, 0.6) is 0 Å². The molecule has 0 radical (unpaired) electrons. The molecule has 0 fully saturated rings. The number of aryl methyl sites for hydroxylation is 1. The van der Waals surface area contributed by atoms with Gasteiger partial charge in [0.15, 0.2) is 5.11 Å². The summed E-state index contributed by atoms with van der Waals surface area (Å²) in [5, 5.41) is 3.51. The fourth-order valence-corrected chi connectivity index (χ4v) is 3.14. The molecular formula is C15H22BrN3OS2. The van der Waals surface area contributed by atoms with Crippen LogP contribution in [0.3, 0.4) is 0 Å². The Balaban J connectivity index is 2.22. The molecule has 0 aliphatic rings. The first kappa shape index (κ1) is 19.3. The quantitative estimate of drug-likeness (QED) is 0.281. The number of amides is 1. The SMILES string of the molecule is CCCCCNC(=S)NNC(=O)CSc1ccc(Br)cc1C.